The molecule has 88 valence electrons. The summed E-state index contributed by atoms with van der Waals surface area (Å²) in [5, 5.41) is 0. The lowest BCUT2D eigenvalue weighted by Crippen LogP contribution is -1.92. The van der Waals surface area contributed by atoms with Gasteiger partial charge in [0.1, 0.15) is 0 Å². The fraction of sp³-hybridized carbons (Fsp3) is 0.250. The Bertz CT molecular complexity index is 407. The molecule has 1 heteroatoms. The molecular formula is C16H18O. The average Bonchev–Trinajstić information content (AvgIpc) is 2.37. The van der Waals surface area contributed by atoms with E-state index in [1.807, 2.05) is 43.4 Å². The van der Waals surface area contributed by atoms with Crippen molar-refractivity contribution in [2.75, 3.05) is 6.61 Å². The van der Waals surface area contributed by atoms with Gasteiger partial charge in [0, 0.05) is 6.42 Å². The van der Waals surface area contributed by atoms with Crippen LogP contribution in [0.25, 0.3) is 0 Å². The maximum atomic E-state index is 5.52. The molecule has 0 atom stereocenters. The highest BCUT2D eigenvalue weighted by Gasteiger charge is 1.89. The largest absolute Gasteiger partial charge is 0.373 e. The van der Waals surface area contributed by atoms with Crippen molar-refractivity contribution in [3.05, 3.63) is 59.7 Å². The van der Waals surface area contributed by atoms with Gasteiger partial charge in [-0.15, -0.1) is 12.3 Å². The third-order valence-corrected chi connectivity index (χ3v) is 2.25. The monoisotopic (exact) mass is 226 g/mol. The number of hydrogen-bond donors (Lipinski definition) is 0. The van der Waals surface area contributed by atoms with E-state index in [1.165, 1.54) is 11.1 Å². The number of benzene rings is 1. The molecule has 1 rings (SSSR count). The Morgan fingerprint density at radius 3 is 2.82 bits per heavy atom. The molecule has 0 spiro atoms. The van der Waals surface area contributed by atoms with Crippen LogP contribution in [0.15, 0.2) is 54.1 Å². The van der Waals surface area contributed by atoms with Crippen molar-refractivity contribution >= 4 is 0 Å². The van der Waals surface area contributed by atoms with Gasteiger partial charge >= 0.3 is 0 Å². The maximum Gasteiger partial charge on any atom is 0.0721 e. The Hall–Kier alpha value is -1.78. The van der Waals surface area contributed by atoms with E-state index < -0.39 is 0 Å². The summed E-state index contributed by atoms with van der Waals surface area (Å²) in [6.07, 6.45) is 11.9. The van der Waals surface area contributed by atoms with Gasteiger partial charge in [0.15, 0.2) is 0 Å². The Morgan fingerprint density at radius 2 is 2.12 bits per heavy atom. The Kier molecular flexibility index (Phi) is 6.55. The molecule has 0 aliphatic carbocycles. The lowest BCUT2D eigenvalue weighted by atomic mass is 10.2. The minimum Gasteiger partial charge on any atom is -0.373 e. The van der Waals surface area contributed by atoms with E-state index in [2.05, 4.69) is 18.1 Å². The Morgan fingerprint density at radius 1 is 1.35 bits per heavy atom. The summed E-state index contributed by atoms with van der Waals surface area (Å²) >= 11 is 0. The molecule has 0 N–H and O–H groups in total. The molecule has 0 bridgehead atoms. The van der Waals surface area contributed by atoms with Gasteiger partial charge in [0.2, 0.25) is 0 Å². The van der Waals surface area contributed by atoms with Crippen LogP contribution in [0, 0.1) is 12.3 Å². The van der Waals surface area contributed by atoms with Crippen molar-refractivity contribution in [1.29, 1.82) is 0 Å². The molecule has 0 aliphatic rings. The molecule has 0 saturated carbocycles. The SMILES string of the molecule is C#CC/C=C(C)\C=C/COCc1ccccc1. The molecule has 17 heavy (non-hydrogen) atoms. The number of ether oxygens (including phenoxy) is 1. The molecule has 1 nitrogen and oxygen atoms in total. The molecule has 0 saturated heterocycles. The van der Waals surface area contributed by atoms with Gasteiger partial charge in [-0.3, -0.25) is 0 Å². The fourth-order valence-corrected chi connectivity index (χ4v) is 1.34. The van der Waals surface area contributed by atoms with E-state index in [9.17, 15) is 0 Å². The summed E-state index contributed by atoms with van der Waals surface area (Å²) in [4.78, 5) is 0. The first kappa shape index (κ1) is 13.3. The first-order valence-corrected chi connectivity index (χ1v) is 5.71. The molecule has 1 aromatic rings. The normalized spacial score (nSPS) is 11.6. The van der Waals surface area contributed by atoms with E-state index in [4.69, 9.17) is 11.2 Å². The van der Waals surface area contributed by atoms with Crippen molar-refractivity contribution in [3.8, 4) is 12.3 Å². The van der Waals surface area contributed by atoms with Crippen LogP contribution in [0.5, 0.6) is 0 Å². The molecular weight excluding hydrogens is 208 g/mol. The van der Waals surface area contributed by atoms with E-state index >= 15 is 0 Å². The predicted molar refractivity (Wildman–Crippen MR) is 72.4 cm³/mol. The van der Waals surface area contributed by atoms with Crippen molar-refractivity contribution in [1.82, 2.24) is 0 Å². The van der Waals surface area contributed by atoms with Crippen LogP contribution in [-0.2, 0) is 11.3 Å². The van der Waals surface area contributed by atoms with Gasteiger partial charge in [-0.1, -0.05) is 54.1 Å². The van der Waals surface area contributed by atoms with Crippen molar-refractivity contribution in [3.63, 3.8) is 0 Å². The summed E-state index contributed by atoms with van der Waals surface area (Å²) in [5.74, 6) is 2.58. The highest BCUT2D eigenvalue weighted by Crippen LogP contribution is 2.01. The highest BCUT2D eigenvalue weighted by molar-refractivity contribution is 5.18. The molecule has 0 unspecified atom stereocenters. The van der Waals surface area contributed by atoms with Crippen LogP contribution in [0.1, 0.15) is 18.9 Å². The Labute approximate surface area is 104 Å². The summed E-state index contributed by atoms with van der Waals surface area (Å²) in [6.45, 7) is 3.31. The van der Waals surface area contributed by atoms with Gasteiger partial charge in [-0.2, -0.15) is 0 Å². The number of allylic oxidation sites excluding steroid dienone is 3. The van der Waals surface area contributed by atoms with Gasteiger partial charge in [0.25, 0.3) is 0 Å². The van der Waals surface area contributed by atoms with Gasteiger partial charge in [-0.25, -0.2) is 0 Å². The second-order valence-corrected chi connectivity index (χ2v) is 3.76. The third kappa shape index (κ3) is 6.40. The van der Waals surface area contributed by atoms with Gasteiger partial charge < -0.3 is 4.74 Å². The molecule has 0 heterocycles. The van der Waals surface area contributed by atoms with Crippen molar-refractivity contribution in [2.45, 2.75) is 20.0 Å². The van der Waals surface area contributed by atoms with Crippen molar-refractivity contribution < 1.29 is 4.74 Å². The smallest absolute Gasteiger partial charge is 0.0721 e. The minimum atomic E-state index is 0.621. The predicted octanol–water partition coefficient (Wildman–Crippen LogP) is 3.73. The minimum absolute atomic E-state index is 0.621. The molecule has 0 radical (unpaired) electrons. The quantitative estimate of drug-likeness (QED) is 0.408. The van der Waals surface area contributed by atoms with Crippen molar-refractivity contribution in [2.24, 2.45) is 0 Å². The van der Waals surface area contributed by atoms with Crippen LogP contribution in [0.4, 0.5) is 0 Å². The van der Waals surface area contributed by atoms with Crippen LogP contribution in [-0.4, -0.2) is 6.61 Å². The average molecular weight is 226 g/mol. The summed E-state index contributed by atoms with van der Waals surface area (Å²) in [7, 11) is 0. The zero-order valence-corrected chi connectivity index (χ0v) is 10.2. The van der Waals surface area contributed by atoms with E-state index in [0.29, 0.717) is 19.6 Å². The van der Waals surface area contributed by atoms with Gasteiger partial charge in [-0.05, 0) is 12.5 Å². The number of terminal acetylenes is 1. The molecule has 0 aliphatic heterocycles. The van der Waals surface area contributed by atoms with Crippen LogP contribution < -0.4 is 0 Å². The third-order valence-electron chi connectivity index (χ3n) is 2.25. The molecule has 0 aromatic heterocycles. The first-order chi connectivity index (χ1) is 8.33. The van der Waals surface area contributed by atoms with E-state index in [-0.39, 0.29) is 0 Å². The summed E-state index contributed by atoms with van der Waals surface area (Å²) in [6, 6.07) is 10.1. The lowest BCUT2D eigenvalue weighted by Gasteiger charge is -2.00. The summed E-state index contributed by atoms with van der Waals surface area (Å²) in [5.41, 5.74) is 2.37. The first-order valence-electron chi connectivity index (χ1n) is 5.71. The summed E-state index contributed by atoms with van der Waals surface area (Å²) < 4.78 is 5.52. The molecule has 0 amide bonds. The van der Waals surface area contributed by atoms with Crippen LogP contribution in [0.2, 0.25) is 0 Å². The lowest BCUT2D eigenvalue weighted by molar-refractivity contribution is 0.148. The number of rotatable bonds is 6. The van der Waals surface area contributed by atoms with Crippen LogP contribution >= 0.6 is 0 Å². The number of hydrogen-bond acceptors (Lipinski definition) is 1. The van der Waals surface area contributed by atoms with E-state index in [0.717, 1.165) is 0 Å². The second-order valence-electron chi connectivity index (χ2n) is 3.76. The van der Waals surface area contributed by atoms with E-state index in [1.54, 1.807) is 0 Å². The second kappa shape index (κ2) is 8.38. The fourth-order valence-electron chi connectivity index (χ4n) is 1.34. The maximum absolute atomic E-state index is 5.52. The standard InChI is InChI=1S/C16H18O/c1-3-4-9-15(2)10-8-13-17-14-16-11-6-5-7-12-16/h1,5-12H,4,13-14H2,2H3/b10-8-,15-9-. The van der Waals surface area contributed by atoms with Gasteiger partial charge in [0.05, 0.1) is 13.2 Å². The zero-order valence-electron chi connectivity index (χ0n) is 10.2. The highest BCUT2D eigenvalue weighted by atomic mass is 16.5. The Balaban J connectivity index is 2.20. The molecule has 1 aromatic carbocycles. The topological polar surface area (TPSA) is 9.23 Å². The zero-order chi connectivity index (χ0) is 12.3. The van der Waals surface area contributed by atoms with Crippen LogP contribution in [0.3, 0.4) is 0 Å². The molecule has 0 fully saturated rings.